The summed E-state index contributed by atoms with van der Waals surface area (Å²) in [7, 11) is 0. The molecule has 5 aliphatic carbocycles. The van der Waals surface area contributed by atoms with Crippen LogP contribution in [0.15, 0.2) is 11.6 Å². The SMILES string of the molecule is CCCCCCCCCCCCCCCC(=O)OC1CCC2(C)C(CCC3(C)C2C(=O)C=C2C4CC(C)(C)CCC4(C)CCC23C)C1(C)C. The van der Waals surface area contributed by atoms with Gasteiger partial charge in [-0.15, -0.1) is 0 Å². The number of hydrogen-bond acceptors (Lipinski definition) is 3. The van der Waals surface area contributed by atoms with Gasteiger partial charge in [-0.2, -0.15) is 0 Å². The number of ether oxygens (including phenoxy) is 1. The standard InChI is InChI=1S/C46H78O3/c1-10-11-12-13-14-15-16-17-18-19-20-21-22-23-39(48)49-38-25-26-44(7)37(42(38,4)5)24-27-46(9)40(44)36(47)32-34-35-33-41(2,3)28-29-43(35,6)30-31-45(34,46)8/h32,35,37-38,40H,10-31,33H2,1-9H3. The molecule has 0 radical (unpaired) electrons. The van der Waals surface area contributed by atoms with E-state index in [4.69, 9.17) is 4.74 Å². The third-order valence-electron chi connectivity index (χ3n) is 16.5. The first kappa shape index (κ1) is 39.1. The normalized spacial score (nSPS) is 39.2. The Balaban J connectivity index is 1.15. The molecule has 0 aromatic rings. The van der Waals surface area contributed by atoms with Gasteiger partial charge in [0.2, 0.25) is 0 Å². The van der Waals surface area contributed by atoms with Crippen molar-refractivity contribution in [1.29, 1.82) is 0 Å². The van der Waals surface area contributed by atoms with E-state index in [1.807, 2.05) is 0 Å². The molecule has 0 bridgehead atoms. The molecule has 5 rings (SSSR count). The van der Waals surface area contributed by atoms with Gasteiger partial charge in [-0.05, 0) is 109 Å². The van der Waals surface area contributed by atoms with Gasteiger partial charge in [0, 0.05) is 17.8 Å². The van der Waals surface area contributed by atoms with E-state index in [2.05, 4.69) is 68.4 Å². The summed E-state index contributed by atoms with van der Waals surface area (Å²) in [5.41, 5.74) is 2.07. The Morgan fingerprint density at radius 2 is 1.29 bits per heavy atom. The van der Waals surface area contributed by atoms with Crippen molar-refractivity contribution >= 4 is 11.8 Å². The van der Waals surface area contributed by atoms with Crippen molar-refractivity contribution in [2.45, 2.75) is 216 Å². The number of hydrogen-bond donors (Lipinski definition) is 0. The molecule has 8 atom stereocenters. The molecule has 0 spiro atoms. The second kappa shape index (κ2) is 15.1. The Bertz CT molecular complexity index is 1190. The Morgan fingerprint density at radius 3 is 1.90 bits per heavy atom. The maximum absolute atomic E-state index is 14.6. The first-order valence-corrected chi connectivity index (χ1v) is 21.5. The molecule has 4 saturated carbocycles. The maximum atomic E-state index is 14.6. The zero-order valence-electron chi connectivity index (χ0n) is 33.9. The van der Waals surface area contributed by atoms with Crippen molar-refractivity contribution in [2.24, 2.45) is 50.2 Å². The van der Waals surface area contributed by atoms with E-state index in [-0.39, 0.29) is 39.7 Å². The van der Waals surface area contributed by atoms with Gasteiger partial charge in [0.05, 0.1) is 0 Å². The third kappa shape index (κ3) is 7.54. The second-order valence-electron chi connectivity index (χ2n) is 20.7. The highest BCUT2D eigenvalue weighted by Crippen LogP contribution is 2.75. The van der Waals surface area contributed by atoms with Gasteiger partial charge in [-0.25, -0.2) is 0 Å². The highest BCUT2D eigenvalue weighted by molar-refractivity contribution is 5.95. The predicted octanol–water partition coefficient (Wildman–Crippen LogP) is 13.4. The van der Waals surface area contributed by atoms with Crippen LogP contribution < -0.4 is 0 Å². The molecule has 49 heavy (non-hydrogen) atoms. The molecule has 8 unspecified atom stereocenters. The average Bonchev–Trinajstić information content (AvgIpc) is 3.02. The van der Waals surface area contributed by atoms with Crippen molar-refractivity contribution < 1.29 is 14.3 Å². The Labute approximate surface area is 303 Å². The fourth-order valence-electron chi connectivity index (χ4n) is 13.0. The lowest BCUT2D eigenvalue weighted by Crippen LogP contribution is -2.66. The minimum atomic E-state index is -0.135. The van der Waals surface area contributed by atoms with Gasteiger partial charge in [0.15, 0.2) is 5.78 Å². The molecule has 5 aliphatic rings. The van der Waals surface area contributed by atoms with Gasteiger partial charge >= 0.3 is 5.97 Å². The van der Waals surface area contributed by atoms with E-state index in [1.54, 1.807) is 0 Å². The van der Waals surface area contributed by atoms with Crippen molar-refractivity contribution in [3.63, 3.8) is 0 Å². The van der Waals surface area contributed by atoms with E-state index < -0.39 is 0 Å². The Hall–Kier alpha value is -1.12. The fraction of sp³-hybridized carbons (Fsp3) is 0.913. The van der Waals surface area contributed by atoms with Crippen LogP contribution in [0.25, 0.3) is 0 Å². The minimum absolute atomic E-state index is 0.000103. The van der Waals surface area contributed by atoms with Crippen molar-refractivity contribution in [2.75, 3.05) is 0 Å². The largest absolute Gasteiger partial charge is 0.462 e. The van der Waals surface area contributed by atoms with Crippen molar-refractivity contribution in [1.82, 2.24) is 0 Å². The fourth-order valence-corrected chi connectivity index (χ4v) is 13.0. The van der Waals surface area contributed by atoms with E-state index >= 15 is 0 Å². The Morgan fingerprint density at radius 1 is 0.714 bits per heavy atom. The molecule has 0 aliphatic heterocycles. The molecule has 0 aromatic carbocycles. The van der Waals surface area contributed by atoms with E-state index in [9.17, 15) is 9.59 Å². The minimum Gasteiger partial charge on any atom is -0.462 e. The van der Waals surface area contributed by atoms with Crippen molar-refractivity contribution in [3.8, 4) is 0 Å². The first-order valence-electron chi connectivity index (χ1n) is 21.5. The number of fused-ring (bicyclic) bond motifs is 7. The van der Waals surface area contributed by atoms with Crippen molar-refractivity contribution in [3.05, 3.63) is 11.6 Å². The average molecular weight is 679 g/mol. The summed E-state index contributed by atoms with van der Waals surface area (Å²) in [6.45, 7) is 22.0. The van der Waals surface area contributed by atoms with Crippen LogP contribution in [-0.4, -0.2) is 17.9 Å². The van der Waals surface area contributed by atoms with Crippen LogP contribution in [0.5, 0.6) is 0 Å². The molecule has 0 aromatic heterocycles. The lowest BCUT2D eigenvalue weighted by molar-refractivity contribution is -0.211. The number of ketones is 1. The second-order valence-corrected chi connectivity index (χ2v) is 20.7. The van der Waals surface area contributed by atoms with E-state index in [0.717, 1.165) is 38.5 Å². The smallest absolute Gasteiger partial charge is 0.306 e. The van der Waals surface area contributed by atoms with Crippen LogP contribution in [-0.2, 0) is 14.3 Å². The van der Waals surface area contributed by atoms with E-state index in [1.165, 1.54) is 108 Å². The predicted molar refractivity (Wildman–Crippen MR) is 205 cm³/mol. The highest BCUT2D eigenvalue weighted by Gasteiger charge is 2.70. The molecule has 3 nitrogen and oxygen atoms in total. The monoisotopic (exact) mass is 679 g/mol. The summed E-state index contributed by atoms with van der Waals surface area (Å²) in [6.07, 6.45) is 30.2. The zero-order valence-corrected chi connectivity index (χ0v) is 33.9. The lowest BCUT2D eigenvalue weighted by atomic mass is 9.33. The molecule has 0 N–H and O–H groups in total. The molecule has 0 heterocycles. The van der Waals surface area contributed by atoms with Gasteiger partial charge in [-0.1, -0.05) is 145 Å². The van der Waals surface area contributed by atoms with Gasteiger partial charge in [-0.3, -0.25) is 9.59 Å². The summed E-state index contributed by atoms with van der Waals surface area (Å²) >= 11 is 0. The first-order chi connectivity index (χ1) is 23.0. The van der Waals surface area contributed by atoms with Gasteiger partial charge in [0.25, 0.3) is 0 Å². The summed E-state index contributed by atoms with van der Waals surface area (Å²) in [6, 6.07) is 0. The van der Waals surface area contributed by atoms with Crippen LogP contribution >= 0.6 is 0 Å². The molecule has 0 amide bonds. The van der Waals surface area contributed by atoms with Crippen LogP contribution in [0, 0.1) is 50.2 Å². The van der Waals surface area contributed by atoms with E-state index in [0.29, 0.717) is 34.9 Å². The van der Waals surface area contributed by atoms with Crippen LogP contribution in [0.2, 0.25) is 0 Å². The topological polar surface area (TPSA) is 43.4 Å². The highest BCUT2D eigenvalue weighted by atomic mass is 16.5. The maximum Gasteiger partial charge on any atom is 0.306 e. The molecule has 3 heteroatoms. The number of carbonyl (C=O) groups is 2. The van der Waals surface area contributed by atoms with Crippen LogP contribution in [0.3, 0.4) is 0 Å². The zero-order chi connectivity index (χ0) is 35.7. The lowest BCUT2D eigenvalue weighted by Gasteiger charge is -2.70. The Kier molecular flexibility index (Phi) is 12.0. The van der Waals surface area contributed by atoms with Gasteiger partial charge in [0.1, 0.15) is 6.10 Å². The molecular weight excluding hydrogens is 601 g/mol. The van der Waals surface area contributed by atoms with Gasteiger partial charge < -0.3 is 4.74 Å². The number of esters is 1. The quantitative estimate of drug-likeness (QED) is 0.128. The molecule has 280 valence electrons. The number of rotatable bonds is 15. The summed E-state index contributed by atoms with van der Waals surface area (Å²) in [5.74, 6) is 1.38. The van der Waals surface area contributed by atoms with Crippen LogP contribution in [0.1, 0.15) is 210 Å². The number of carbonyl (C=O) groups excluding carboxylic acids is 2. The molecular formula is C46H78O3. The summed E-state index contributed by atoms with van der Waals surface area (Å²) in [5, 5.41) is 0. The molecule has 0 saturated heterocycles. The summed E-state index contributed by atoms with van der Waals surface area (Å²) < 4.78 is 6.36. The molecule has 4 fully saturated rings. The summed E-state index contributed by atoms with van der Waals surface area (Å²) in [4.78, 5) is 27.8. The number of unbranched alkanes of at least 4 members (excludes halogenated alkanes) is 12. The number of allylic oxidation sites excluding steroid dienone is 2. The van der Waals surface area contributed by atoms with Crippen LogP contribution in [0.4, 0.5) is 0 Å². The third-order valence-corrected chi connectivity index (χ3v) is 16.5.